The maximum absolute atomic E-state index is 13.0. The second kappa shape index (κ2) is 13.0. The number of nitrogens with one attached hydrogen (secondary N) is 4. The van der Waals surface area contributed by atoms with Crippen molar-refractivity contribution in [2.75, 3.05) is 6.54 Å². The lowest BCUT2D eigenvalue weighted by Gasteiger charge is -2.14. The predicted molar refractivity (Wildman–Crippen MR) is 143 cm³/mol. The molecule has 0 fully saturated rings. The number of carbonyl (C=O) groups excluding carboxylic acids is 1. The van der Waals surface area contributed by atoms with Crippen LogP contribution in [-0.4, -0.2) is 29.0 Å². The van der Waals surface area contributed by atoms with Crippen molar-refractivity contribution in [3.05, 3.63) is 105 Å². The first-order valence-corrected chi connectivity index (χ1v) is 11.8. The van der Waals surface area contributed by atoms with Gasteiger partial charge in [0.05, 0.1) is 12.3 Å². The number of amides is 1. The highest BCUT2D eigenvalue weighted by Gasteiger charge is 2.32. The van der Waals surface area contributed by atoms with Crippen LogP contribution in [0.15, 0.2) is 77.2 Å². The summed E-state index contributed by atoms with van der Waals surface area (Å²) in [6, 6.07) is 13.2. The molecule has 1 heterocycles. The van der Waals surface area contributed by atoms with Gasteiger partial charge in [0.25, 0.3) is 5.91 Å². The van der Waals surface area contributed by atoms with E-state index in [0.717, 1.165) is 17.8 Å². The molecule has 14 heteroatoms. The second-order valence-electron chi connectivity index (χ2n) is 7.96. The van der Waals surface area contributed by atoms with E-state index in [1.165, 1.54) is 18.2 Å². The van der Waals surface area contributed by atoms with Gasteiger partial charge in [-0.05, 0) is 54.1 Å². The van der Waals surface area contributed by atoms with Crippen LogP contribution in [0, 0.1) is 10.8 Å². The zero-order valence-corrected chi connectivity index (χ0v) is 21.5. The van der Waals surface area contributed by atoms with Crippen molar-refractivity contribution >= 4 is 46.4 Å². The molecule has 2 aromatic carbocycles. The second-order valence-corrected chi connectivity index (χ2v) is 8.83. The molecular formula is C25H21Cl2F3N8O. The zero-order chi connectivity index (χ0) is 28.6. The van der Waals surface area contributed by atoms with Gasteiger partial charge in [-0.3, -0.25) is 15.2 Å². The molecule has 0 aliphatic heterocycles. The smallest absolute Gasteiger partial charge is 0.380 e. The van der Waals surface area contributed by atoms with E-state index in [2.05, 4.69) is 26.0 Å². The Bertz CT molecular complexity index is 1400. The topological polar surface area (TPSA) is 152 Å². The van der Waals surface area contributed by atoms with Gasteiger partial charge in [-0.15, -0.1) is 5.11 Å². The molecule has 0 atom stereocenters. The van der Waals surface area contributed by atoms with Crippen LogP contribution in [0.2, 0.25) is 10.0 Å². The normalized spacial score (nSPS) is 11.9. The van der Waals surface area contributed by atoms with E-state index < -0.39 is 17.8 Å². The molecule has 0 saturated carbocycles. The number of carbonyl (C=O) groups is 1. The number of hydrogen-bond acceptors (Lipinski definition) is 6. The standard InChI is InChI=1S/C25H21Cl2F3N8O/c26-18-7-17(8-19(27)9-18)20(31)10-21(16-5-6-22(35-12-16)25(28,29)30)34-11-14-1-3-15(4-2-14)24(39)36-13-23(32)37-38-33/h1-10,12,31,34H,11,13H2,(H,36,39)(H3,32,33,37)/b21-10-,31-20?. The van der Waals surface area contributed by atoms with Crippen LogP contribution in [0.25, 0.3) is 5.70 Å². The SMILES string of the molecule is N=C(CNC(=O)c1ccc(CN/C(=C\C(=N)c2cc(Cl)cc(Cl)c2)c2ccc(C(F)(F)F)nc2)cc1)/N=N\N. The zero-order valence-electron chi connectivity index (χ0n) is 20.0. The van der Waals surface area contributed by atoms with Gasteiger partial charge in [-0.2, -0.15) is 13.2 Å². The van der Waals surface area contributed by atoms with Crippen LogP contribution in [0.5, 0.6) is 0 Å². The Kier molecular flexibility index (Phi) is 9.74. The van der Waals surface area contributed by atoms with Crippen molar-refractivity contribution in [3.63, 3.8) is 0 Å². The number of pyridine rings is 1. The molecule has 0 radical (unpaired) electrons. The average Bonchev–Trinajstić information content (AvgIpc) is 2.89. The lowest BCUT2D eigenvalue weighted by molar-refractivity contribution is -0.141. The molecule has 0 bridgehead atoms. The monoisotopic (exact) mass is 576 g/mol. The van der Waals surface area contributed by atoms with Gasteiger partial charge < -0.3 is 21.9 Å². The Morgan fingerprint density at radius 2 is 1.62 bits per heavy atom. The Labute approximate surface area is 230 Å². The number of nitrogens with zero attached hydrogens (tertiary/aromatic N) is 3. The first-order chi connectivity index (χ1) is 18.5. The summed E-state index contributed by atoms with van der Waals surface area (Å²) in [4.78, 5) is 15.8. The van der Waals surface area contributed by atoms with E-state index in [1.54, 1.807) is 36.4 Å². The molecule has 0 aliphatic carbocycles. The molecule has 9 nitrogen and oxygen atoms in total. The van der Waals surface area contributed by atoms with Crippen LogP contribution < -0.4 is 16.5 Å². The van der Waals surface area contributed by atoms with E-state index in [0.29, 0.717) is 32.4 Å². The Morgan fingerprint density at radius 1 is 0.974 bits per heavy atom. The third-order valence-electron chi connectivity index (χ3n) is 5.12. The molecule has 0 spiro atoms. The predicted octanol–water partition coefficient (Wildman–Crippen LogP) is 5.64. The fourth-order valence-electron chi connectivity index (χ4n) is 3.24. The van der Waals surface area contributed by atoms with Gasteiger partial charge in [-0.25, -0.2) is 0 Å². The van der Waals surface area contributed by atoms with Gasteiger partial charge in [0.2, 0.25) is 0 Å². The lowest BCUT2D eigenvalue weighted by atomic mass is 10.1. The van der Waals surface area contributed by atoms with Gasteiger partial charge in [-0.1, -0.05) is 40.6 Å². The number of benzene rings is 2. The van der Waals surface area contributed by atoms with Crippen molar-refractivity contribution in [2.45, 2.75) is 12.7 Å². The van der Waals surface area contributed by atoms with Gasteiger partial charge >= 0.3 is 6.18 Å². The number of aromatic nitrogens is 1. The molecule has 202 valence electrons. The highest BCUT2D eigenvalue weighted by atomic mass is 35.5. The first-order valence-electron chi connectivity index (χ1n) is 11.1. The largest absolute Gasteiger partial charge is 0.433 e. The molecule has 1 aromatic heterocycles. The van der Waals surface area contributed by atoms with Crippen LogP contribution in [0.3, 0.4) is 0 Å². The minimum Gasteiger partial charge on any atom is -0.380 e. The van der Waals surface area contributed by atoms with Gasteiger partial charge in [0.1, 0.15) is 5.69 Å². The Hall–Kier alpha value is -4.29. The fraction of sp³-hybridized carbons (Fsp3) is 0.120. The Morgan fingerprint density at radius 3 is 2.18 bits per heavy atom. The molecule has 39 heavy (non-hydrogen) atoms. The number of alkyl halides is 3. The molecular weight excluding hydrogens is 556 g/mol. The van der Waals surface area contributed by atoms with Crippen molar-refractivity contribution in [2.24, 2.45) is 16.2 Å². The third-order valence-corrected chi connectivity index (χ3v) is 5.56. The number of nitrogens with two attached hydrogens (primary N) is 1. The minimum atomic E-state index is -4.59. The summed E-state index contributed by atoms with van der Waals surface area (Å²) < 4.78 is 39.0. The third kappa shape index (κ3) is 8.62. The van der Waals surface area contributed by atoms with Crippen molar-refractivity contribution in [3.8, 4) is 0 Å². The first kappa shape index (κ1) is 29.3. The van der Waals surface area contributed by atoms with E-state index >= 15 is 0 Å². The van der Waals surface area contributed by atoms with Crippen LogP contribution >= 0.6 is 23.2 Å². The van der Waals surface area contributed by atoms with Crippen molar-refractivity contribution < 1.29 is 18.0 Å². The van der Waals surface area contributed by atoms with Crippen LogP contribution in [0.1, 0.15) is 32.7 Å². The molecule has 0 aliphatic rings. The summed E-state index contributed by atoms with van der Waals surface area (Å²) in [6.07, 6.45) is -2.10. The highest BCUT2D eigenvalue weighted by Crippen LogP contribution is 2.28. The molecule has 0 unspecified atom stereocenters. The minimum absolute atomic E-state index is 0.00792. The highest BCUT2D eigenvalue weighted by molar-refractivity contribution is 6.35. The average molecular weight is 577 g/mol. The van der Waals surface area contributed by atoms with Gasteiger partial charge in [0.15, 0.2) is 5.84 Å². The maximum Gasteiger partial charge on any atom is 0.433 e. The summed E-state index contributed by atoms with van der Waals surface area (Å²) in [5.41, 5.74) is 1.08. The number of allylic oxidation sites excluding steroid dienone is 1. The van der Waals surface area contributed by atoms with E-state index in [4.69, 9.17) is 39.9 Å². The number of amidine groups is 1. The summed E-state index contributed by atoms with van der Waals surface area (Å²) in [5, 5.41) is 28.5. The molecule has 6 N–H and O–H groups in total. The Balaban J connectivity index is 1.80. The fourth-order valence-corrected chi connectivity index (χ4v) is 3.76. The summed E-state index contributed by atoms with van der Waals surface area (Å²) >= 11 is 12.1. The van der Waals surface area contributed by atoms with E-state index in [1.807, 2.05) is 0 Å². The van der Waals surface area contributed by atoms with E-state index in [9.17, 15) is 18.0 Å². The molecule has 1 amide bonds. The van der Waals surface area contributed by atoms with Gasteiger partial charge in [0, 0.05) is 45.2 Å². The number of halogens is 5. The van der Waals surface area contributed by atoms with Crippen LogP contribution in [-0.2, 0) is 12.7 Å². The quantitative estimate of drug-likeness (QED) is 0.0735. The van der Waals surface area contributed by atoms with E-state index in [-0.39, 0.29) is 24.6 Å². The van der Waals surface area contributed by atoms with Crippen molar-refractivity contribution in [1.29, 1.82) is 10.8 Å². The number of rotatable bonds is 9. The van der Waals surface area contributed by atoms with Crippen molar-refractivity contribution in [1.82, 2.24) is 15.6 Å². The maximum atomic E-state index is 13.0. The molecule has 0 saturated heterocycles. The van der Waals surface area contributed by atoms with Crippen LogP contribution in [0.4, 0.5) is 13.2 Å². The molecule has 3 rings (SSSR count). The number of hydrogen-bond donors (Lipinski definition) is 5. The summed E-state index contributed by atoms with van der Waals surface area (Å²) in [7, 11) is 0. The molecule has 3 aromatic rings. The lowest BCUT2D eigenvalue weighted by Crippen LogP contribution is -2.28. The summed E-state index contributed by atoms with van der Waals surface area (Å²) in [5.74, 6) is 4.22. The summed E-state index contributed by atoms with van der Waals surface area (Å²) in [6.45, 7) is 0.0574.